The largest absolute Gasteiger partial charge is 0.394 e. The SMILES string of the molecule is CC(C)(C)CC(C)(C)NC(=O)C1N([C@H](CO)c2ccccc2)C(=O)[C@@H]2[C@H](C(=O)Nc3ccccc3)[C@H]3OC12CC3Br. The third kappa shape index (κ3) is 5.44. The van der Waals surface area contributed by atoms with Gasteiger partial charge in [-0.3, -0.25) is 14.4 Å². The van der Waals surface area contributed by atoms with Crippen LogP contribution in [0.3, 0.4) is 0 Å². The van der Waals surface area contributed by atoms with Gasteiger partial charge >= 0.3 is 0 Å². The van der Waals surface area contributed by atoms with Gasteiger partial charge in [-0.1, -0.05) is 85.2 Å². The van der Waals surface area contributed by atoms with Gasteiger partial charge in [-0.05, 0) is 49.8 Å². The van der Waals surface area contributed by atoms with Gasteiger partial charge in [0.2, 0.25) is 17.7 Å². The molecule has 3 unspecified atom stereocenters. The second kappa shape index (κ2) is 10.8. The average molecular weight is 627 g/mol. The van der Waals surface area contributed by atoms with Crippen molar-refractivity contribution in [3.8, 4) is 0 Å². The fourth-order valence-corrected chi connectivity index (χ4v) is 8.49. The van der Waals surface area contributed by atoms with E-state index in [4.69, 9.17) is 4.74 Å². The van der Waals surface area contributed by atoms with E-state index >= 15 is 0 Å². The zero-order valence-corrected chi connectivity index (χ0v) is 25.9. The van der Waals surface area contributed by atoms with Crippen molar-refractivity contribution in [2.45, 2.75) is 81.6 Å². The maximum Gasteiger partial charge on any atom is 0.246 e. The normalized spacial score (nSPS) is 29.8. The molecule has 3 aliphatic rings. The number of aliphatic hydroxyl groups is 1. The zero-order valence-electron chi connectivity index (χ0n) is 24.3. The van der Waals surface area contributed by atoms with Crippen molar-refractivity contribution in [2.75, 3.05) is 11.9 Å². The summed E-state index contributed by atoms with van der Waals surface area (Å²) in [6, 6.07) is 16.5. The third-order valence-corrected chi connectivity index (χ3v) is 9.29. The lowest BCUT2D eigenvalue weighted by molar-refractivity contribution is -0.146. The number of nitrogens with one attached hydrogen (secondary N) is 2. The van der Waals surface area contributed by atoms with E-state index in [2.05, 4.69) is 47.3 Å². The highest BCUT2D eigenvalue weighted by molar-refractivity contribution is 9.09. The lowest BCUT2D eigenvalue weighted by atomic mass is 9.70. The summed E-state index contributed by atoms with van der Waals surface area (Å²) in [5.41, 5.74) is -0.516. The number of amides is 3. The van der Waals surface area contributed by atoms with Crippen LogP contribution in [0.2, 0.25) is 0 Å². The summed E-state index contributed by atoms with van der Waals surface area (Å²) >= 11 is 3.72. The molecule has 8 nitrogen and oxygen atoms in total. The molecule has 41 heavy (non-hydrogen) atoms. The van der Waals surface area contributed by atoms with Crippen molar-refractivity contribution in [1.82, 2.24) is 10.2 Å². The summed E-state index contributed by atoms with van der Waals surface area (Å²) in [7, 11) is 0. The van der Waals surface area contributed by atoms with Crippen molar-refractivity contribution in [3.05, 3.63) is 66.2 Å². The van der Waals surface area contributed by atoms with Gasteiger partial charge in [0.1, 0.15) is 11.6 Å². The molecule has 5 rings (SSSR count). The predicted octanol–water partition coefficient (Wildman–Crippen LogP) is 4.44. The highest BCUT2D eigenvalue weighted by atomic mass is 79.9. The number of aliphatic hydroxyl groups excluding tert-OH is 1. The first-order valence-electron chi connectivity index (χ1n) is 14.3. The van der Waals surface area contributed by atoms with Crippen LogP contribution in [0.4, 0.5) is 5.69 Å². The number of fused-ring (bicyclic) bond motifs is 1. The van der Waals surface area contributed by atoms with E-state index in [1.807, 2.05) is 62.4 Å². The number of ether oxygens (including phenoxy) is 1. The molecule has 9 heteroatoms. The number of likely N-dealkylation sites (tertiary alicyclic amines) is 1. The first-order valence-corrected chi connectivity index (χ1v) is 15.2. The molecule has 3 fully saturated rings. The summed E-state index contributed by atoms with van der Waals surface area (Å²) in [4.78, 5) is 43.9. The van der Waals surface area contributed by atoms with Crippen LogP contribution in [0, 0.1) is 17.3 Å². The maximum absolute atomic E-state index is 14.5. The number of carbonyl (C=O) groups is 3. The van der Waals surface area contributed by atoms with Crippen LogP contribution in [-0.2, 0) is 19.1 Å². The molecule has 220 valence electrons. The molecule has 3 amide bonds. The van der Waals surface area contributed by atoms with Crippen molar-refractivity contribution < 1.29 is 24.2 Å². The Morgan fingerprint density at radius 1 is 1.05 bits per heavy atom. The monoisotopic (exact) mass is 625 g/mol. The number of hydrogen-bond acceptors (Lipinski definition) is 5. The minimum absolute atomic E-state index is 0.0512. The molecule has 0 aromatic heterocycles. The number of halogens is 1. The molecular weight excluding hydrogens is 586 g/mol. The van der Waals surface area contributed by atoms with E-state index in [0.29, 0.717) is 24.1 Å². The molecule has 3 heterocycles. The van der Waals surface area contributed by atoms with Crippen molar-refractivity contribution in [3.63, 3.8) is 0 Å². The fourth-order valence-electron chi connectivity index (χ4n) is 7.55. The Bertz CT molecular complexity index is 1300. The predicted molar refractivity (Wildman–Crippen MR) is 160 cm³/mol. The molecule has 3 aliphatic heterocycles. The Morgan fingerprint density at radius 3 is 2.24 bits per heavy atom. The molecule has 0 radical (unpaired) electrons. The third-order valence-electron chi connectivity index (χ3n) is 8.45. The first kappa shape index (κ1) is 29.7. The van der Waals surface area contributed by atoms with E-state index in [0.717, 1.165) is 0 Å². The van der Waals surface area contributed by atoms with Crippen LogP contribution >= 0.6 is 15.9 Å². The topological polar surface area (TPSA) is 108 Å². The molecule has 0 saturated carbocycles. The average Bonchev–Trinajstić information content (AvgIpc) is 3.47. The molecule has 2 bridgehead atoms. The van der Waals surface area contributed by atoms with E-state index in [1.54, 1.807) is 12.1 Å². The molecule has 3 N–H and O–H groups in total. The highest BCUT2D eigenvalue weighted by Gasteiger charge is 2.77. The van der Waals surface area contributed by atoms with E-state index in [1.165, 1.54) is 4.90 Å². The van der Waals surface area contributed by atoms with Gasteiger partial charge in [-0.2, -0.15) is 0 Å². The number of anilines is 1. The molecule has 3 saturated heterocycles. The van der Waals surface area contributed by atoms with Gasteiger partial charge in [-0.25, -0.2) is 0 Å². The van der Waals surface area contributed by atoms with Crippen LogP contribution in [0.5, 0.6) is 0 Å². The lowest BCUT2D eigenvalue weighted by Gasteiger charge is -2.40. The quantitative estimate of drug-likeness (QED) is 0.376. The minimum Gasteiger partial charge on any atom is -0.394 e. The molecule has 1 spiro atoms. The number of nitrogens with zero attached hydrogens (tertiary/aromatic N) is 1. The van der Waals surface area contributed by atoms with Crippen molar-refractivity contribution in [1.29, 1.82) is 0 Å². The van der Waals surface area contributed by atoms with Crippen molar-refractivity contribution in [2.24, 2.45) is 17.3 Å². The highest BCUT2D eigenvalue weighted by Crippen LogP contribution is 2.61. The number of para-hydroxylation sites is 1. The Kier molecular flexibility index (Phi) is 7.85. The van der Waals surface area contributed by atoms with Gasteiger partial charge < -0.3 is 25.4 Å². The minimum atomic E-state index is -1.22. The number of carbonyl (C=O) groups excluding carboxylic acids is 3. The molecule has 0 aliphatic carbocycles. The van der Waals surface area contributed by atoms with Crippen LogP contribution in [0.15, 0.2) is 60.7 Å². The fraction of sp³-hybridized carbons (Fsp3) is 0.531. The number of alkyl halides is 1. The van der Waals surface area contributed by atoms with E-state index in [-0.39, 0.29) is 34.6 Å². The van der Waals surface area contributed by atoms with Crippen molar-refractivity contribution >= 4 is 39.3 Å². The summed E-state index contributed by atoms with van der Waals surface area (Å²) in [5.74, 6) is -2.69. The Morgan fingerprint density at radius 2 is 1.66 bits per heavy atom. The smallest absolute Gasteiger partial charge is 0.246 e. The number of benzene rings is 2. The van der Waals surface area contributed by atoms with Gasteiger partial charge in [0.25, 0.3) is 0 Å². The van der Waals surface area contributed by atoms with Crippen LogP contribution < -0.4 is 10.6 Å². The lowest BCUT2D eigenvalue weighted by Crippen LogP contribution is -2.60. The summed E-state index contributed by atoms with van der Waals surface area (Å²) in [6.07, 6.45) is 0.527. The van der Waals surface area contributed by atoms with Gasteiger partial charge in [0.05, 0.1) is 30.6 Å². The number of hydrogen-bond donors (Lipinski definition) is 3. The summed E-state index contributed by atoms with van der Waals surface area (Å²) in [5, 5.41) is 16.8. The first-order chi connectivity index (χ1) is 19.3. The molecular formula is C32H40BrN3O5. The Hall–Kier alpha value is -2.75. The van der Waals surface area contributed by atoms with Gasteiger partial charge in [-0.15, -0.1) is 0 Å². The zero-order chi connectivity index (χ0) is 29.7. The molecule has 2 aromatic carbocycles. The standard InChI is InChI=1S/C32H40BrN3O5/c1-30(2,3)18-31(4,5)35-28(39)26-32-16-21(33)25(41-32)23(27(38)34-20-14-10-7-11-15-20)24(32)29(40)36(26)22(17-37)19-12-8-6-9-13-19/h6-15,21-26,37H,16-18H2,1-5H3,(H,34,38)(H,35,39)/t21?,22-,23+,24+,25+,26?,32?/m1/s1. The number of rotatable bonds is 8. The summed E-state index contributed by atoms with van der Waals surface area (Å²) < 4.78 is 6.64. The molecule has 7 atom stereocenters. The van der Waals surface area contributed by atoms with Gasteiger partial charge in [0.15, 0.2) is 0 Å². The molecule has 2 aromatic rings. The van der Waals surface area contributed by atoms with Gasteiger partial charge in [0, 0.05) is 16.1 Å². The second-order valence-electron chi connectivity index (χ2n) is 13.5. The second-order valence-corrected chi connectivity index (χ2v) is 14.7. The van der Waals surface area contributed by atoms with Crippen LogP contribution in [-0.4, -0.2) is 62.4 Å². The van der Waals surface area contributed by atoms with Crippen LogP contribution in [0.1, 0.15) is 59.1 Å². The Balaban J connectivity index is 1.57. The summed E-state index contributed by atoms with van der Waals surface area (Å²) in [6.45, 7) is 9.92. The van der Waals surface area contributed by atoms with E-state index in [9.17, 15) is 19.5 Å². The maximum atomic E-state index is 14.5. The Labute approximate surface area is 250 Å². The van der Waals surface area contributed by atoms with Crippen LogP contribution in [0.25, 0.3) is 0 Å². The van der Waals surface area contributed by atoms with E-state index < -0.39 is 41.2 Å².